The number of nitrogens with zero attached hydrogens (tertiary/aromatic N) is 2. The van der Waals surface area contributed by atoms with Gasteiger partial charge in [-0.15, -0.1) is 0 Å². The van der Waals surface area contributed by atoms with E-state index in [0.717, 1.165) is 57.5 Å². The molecule has 0 N–H and O–H groups in total. The number of hydrogen-bond acceptors (Lipinski definition) is 5. The average molecular weight is 677 g/mol. The van der Waals surface area contributed by atoms with E-state index in [9.17, 15) is 4.79 Å². The molecule has 1 aliphatic heterocycles. The van der Waals surface area contributed by atoms with Gasteiger partial charge in [0.2, 0.25) is 0 Å². The molecule has 0 bridgehead atoms. The predicted molar refractivity (Wildman–Crippen MR) is 208 cm³/mol. The van der Waals surface area contributed by atoms with E-state index >= 15 is 0 Å². The molecule has 0 spiro atoms. The van der Waals surface area contributed by atoms with Crippen LogP contribution in [-0.4, -0.2) is 73.5 Å². The van der Waals surface area contributed by atoms with Crippen molar-refractivity contribution >= 4 is 17.0 Å². The zero-order valence-corrected chi connectivity index (χ0v) is 32.3. The molecule has 1 heterocycles. The lowest BCUT2D eigenvalue weighted by molar-refractivity contribution is 0.0695. The van der Waals surface area contributed by atoms with Crippen molar-refractivity contribution in [3.63, 3.8) is 0 Å². The number of hydrogen-bond donors (Lipinski definition) is 0. The van der Waals surface area contributed by atoms with Crippen LogP contribution in [0.4, 0.5) is 4.79 Å². The Morgan fingerprint density at radius 1 is 0.638 bits per heavy atom. The smallest absolute Gasteiger partial charge is 0.281 e. The van der Waals surface area contributed by atoms with E-state index in [4.69, 9.17) is 9.47 Å². The molecular formula is C41H76N2O3S. The molecule has 1 aliphatic rings. The molecule has 1 saturated heterocycles. The number of carbonyl (C=O) groups is 1. The maximum atomic E-state index is 13.0. The minimum absolute atomic E-state index is 0.0170. The van der Waals surface area contributed by atoms with E-state index in [1.165, 1.54) is 127 Å². The van der Waals surface area contributed by atoms with Gasteiger partial charge >= 0.3 is 0 Å². The maximum Gasteiger partial charge on any atom is 0.281 e. The SMILES string of the molecule is CCCCCC/C=C\C/C=C\CCCCCCCN(CCCCCCCC1OC1OC/C=C\CCCCCC)C(=O)SCCN(C)C. The summed E-state index contributed by atoms with van der Waals surface area (Å²) in [5, 5.41) is 0.273. The summed E-state index contributed by atoms with van der Waals surface area (Å²) in [4.78, 5) is 17.3. The van der Waals surface area contributed by atoms with Crippen LogP contribution in [0, 0.1) is 0 Å². The molecule has 1 fully saturated rings. The monoisotopic (exact) mass is 677 g/mol. The molecule has 0 aromatic heterocycles. The third kappa shape index (κ3) is 29.5. The molecule has 6 heteroatoms. The summed E-state index contributed by atoms with van der Waals surface area (Å²) >= 11 is 1.50. The molecular weight excluding hydrogens is 601 g/mol. The average Bonchev–Trinajstić information content (AvgIpc) is 3.81. The fourth-order valence-corrected chi connectivity index (χ4v) is 6.67. The number of thioether (sulfide) groups is 1. The highest BCUT2D eigenvalue weighted by molar-refractivity contribution is 8.13. The van der Waals surface area contributed by atoms with Crippen molar-refractivity contribution in [3.05, 3.63) is 36.5 Å². The minimum Gasteiger partial charge on any atom is -0.346 e. The Morgan fingerprint density at radius 2 is 1.15 bits per heavy atom. The van der Waals surface area contributed by atoms with Crippen molar-refractivity contribution in [1.29, 1.82) is 0 Å². The Balaban J connectivity index is 2.10. The zero-order valence-electron chi connectivity index (χ0n) is 31.4. The van der Waals surface area contributed by atoms with Crippen molar-refractivity contribution < 1.29 is 14.3 Å². The fourth-order valence-electron chi connectivity index (χ4n) is 5.67. The van der Waals surface area contributed by atoms with Gasteiger partial charge in [-0.05, 0) is 78.3 Å². The standard InChI is InChI=1S/C41H76N2O3S/c1-5-7-9-11-13-14-15-16-17-18-19-20-21-22-26-30-34-43(41(44)47-38-36-42(3)4)35-31-27-24-25-29-33-39-40(46-39)45-37-32-28-23-12-10-8-6-2/h14-15,17-18,28,32,39-40H,5-13,16,19-27,29-31,33-38H2,1-4H3/b15-14-,18-17-,32-28-. The van der Waals surface area contributed by atoms with Crippen molar-refractivity contribution in [2.24, 2.45) is 0 Å². The second-order valence-electron chi connectivity index (χ2n) is 13.7. The van der Waals surface area contributed by atoms with E-state index in [1.807, 2.05) is 0 Å². The highest BCUT2D eigenvalue weighted by Gasteiger charge is 2.38. The summed E-state index contributed by atoms with van der Waals surface area (Å²) in [6, 6.07) is 0. The van der Waals surface area contributed by atoms with E-state index in [2.05, 4.69) is 74.2 Å². The second-order valence-corrected chi connectivity index (χ2v) is 14.8. The van der Waals surface area contributed by atoms with E-state index in [0.29, 0.717) is 12.7 Å². The normalized spacial score (nSPS) is 16.4. The molecule has 1 amide bonds. The van der Waals surface area contributed by atoms with Crippen LogP contribution in [-0.2, 0) is 9.47 Å². The Hall–Kier alpha value is -1.08. The summed E-state index contributed by atoms with van der Waals surface area (Å²) < 4.78 is 11.5. The first-order valence-corrected chi connectivity index (χ1v) is 20.9. The van der Waals surface area contributed by atoms with Crippen LogP contribution in [0.2, 0.25) is 0 Å². The quantitative estimate of drug-likeness (QED) is 0.0385. The lowest BCUT2D eigenvalue weighted by Gasteiger charge is -2.22. The highest BCUT2D eigenvalue weighted by Crippen LogP contribution is 2.28. The van der Waals surface area contributed by atoms with Crippen molar-refractivity contribution in [1.82, 2.24) is 9.80 Å². The van der Waals surface area contributed by atoms with Crippen LogP contribution >= 0.6 is 11.8 Å². The van der Waals surface area contributed by atoms with Gasteiger partial charge in [-0.3, -0.25) is 4.79 Å². The second kappa shape index (κ2) is 33.4. The van der Waals surface area contributed by atoms with Crippen molar-refractivity contribution in [2.45, 2.75) is 174 Å². The van der Waals surface area contributed by atoms with Gasteiger partial charge in [0, 0.05) is 25.4 Å². The molecule has 0 aromatic carbocycles. The number of allylic oxidation sites excluding steroid dienone is 5. The highest BCUT2D eigenvalue weighted by atomic mass is 32.2. The first-order valence-electron chi connectivity index (χ1n) is 19.9. The number of carbonyl (C=O) groups excluding carboxylic acids is 1. The van der Waals surface area contributed by atoms with Crippen molar-refractivity contribution in [2.75, 3.05) is 46.1 Å². The van der Waals surface area contributed by atoms with Gasteiger partial charge in [0.25, 0.3) is 5.24 Å². The maximum absolute atomic E-state index is 13.0. The molecule has 47 heavy (non-hydrogen) atoms. The van der Waals surface area contributed by atoms with Crippen LogP contribution in [0.25, 0.3) is 0 Å². The van der Waals surface area contributed by atoms with Crippen LogP contribution in [0.3, 0.4) is 0 Å². The van der Waals surface area contributed by atoms with Crippen LogP contribution in [0.5, 0.6) is 0 Å². The van der Waals surface area contributed by atoms with Crippen LogP contribution in [0.15, 0.2) is 36.5 Å². The zero-order chi connectivity index (χ0) is 34.0. The van der Waals surface area contributed by atoms with E-state index < -0.39 is 0 Å². The summed E-state index contributed by atoms with van der Waals surface area (Å²) in [5.41, 5.74) is 0. The molecule has 2 atom stereocenters. The largest absolute Gasteiger partial charge is 0.346 e. The van der Waals surface area contributed by atoms with E-state index in [-0.39, 0.29) is 11.5 Å². The molecule has 274 valence electrons. The third-order valence-electron chi connectivity index (χ3n) is 8.85. The van der Waals surface area contributed by atoms with Gasteiger partial charge < -0.3 is 19.3 Å². The Labute approximate surface area is 296 Å². The van der Waals surface area contributed by atoms with E-state index in [1.54, 1.807) is 0 Å². The number of amides is 1. The third-order valence-corrected chi connectivity index (χ3v) is 9.74. The minimum atomic E-state index is 0.0170. The van der Waals surface area contributed by atoms with Gasteiger partial charge in [0.1, 0.15) is 6.10 Å². The number of epoxide rings is 1. The molecule has 0 aliphatic carbocycles. The molecule has 0 saturated carbocycles. The summed E-state index contributed by atoms with van der Waals surface area (Å²) in [5.74, 6) is 0.869. The van der Waals surface area contributed by atoms with Gasteiger partial charge in [-0.2, -0.15) is 0 Å². The Morgan fingerprint density at radius 3 is 1.72 bits per heavy atom. The van der Waals surface area contributed by atoms with Crippen LogP contribution in [0.1, 0.15) is 162 Å². The fraction of sp³-hybridized carbons (Fsp3) is 0.829. The summed E-state index contributed by atoms with van der Waals surface area (Å²) in [6.07, 6.45) is 42.6. The molecule has 0 radical (unpaired) electrons. The molecule has 1 rings (SSSR count). The van der Waals surface area contributed by atoms with Gasteiger partial charge in [-0.25, -0.2) is 0 Å². The number of rotatable bonds is 34. The van der Waals surface area contributed by atoms with Gasteiger partial charge in [0.15, 0.2) is 6.29 Å². The lowest BCUT2D eigenvalue weighted by Crippen LogP contribution is -2.30. The lowest BCUT2D eigenvalue weighted by atomic mass is 10.1. The van der Waals surface area contributed by atoms with Gasteiger partial charge in [0.05, 0.1) is 6.61 Å². The van der Waals surface area contributed by atoms with Gasteiger partial charge in [-0.1, -0.05) is 146 Å². The molecule has 5 nitrogen and oxygen atoms in total. The Kier molecular flexibility index (Phi) is 31.2. The van der Waals surface area contributed by atoms with Crippen LogP contribution < -0.4 is 0 Å². The first-order chi connectivity index (χ1) is 23.1. The molecule has 0 aromatic rings. The Bertz CT molecular complexity index is 785. The summed E-state index contributed by atoms with van der Waals surface area (Å²) in [7, 11) is 4.15. The first kappa shape index (κ1) is 43.9. The van der Waals surface area contributed by atoms with Crippen molar-refractivity contribution in [3.8, 4) is 0 Å². The predicted octanol–water partition coefficient (Wildman–Crippen LogP) is 12.1. The topological polar surface area (TPSA) is 45.3 Å². The molecule has 2 unspecified atom stereocenters. The summed E-state index contributed by atoms with van der Waals surface area (Å²) in [6.45, 7) is 7.95. The number of unbranched alkanes of at least 4 members (excludes halogenated alkanes) is 17. The number of ether oxygens (including phenoxy) is 2.